The molecular weight excluding hydrogens is 264 g/mol. The summed E-state index contributed by atoms with van der Waals surface area (Å²) in [4.78, 5) is 22.9. The molecule has 0 N–H and O–H groups in total. The summed E-state index contributed by atoms with van der Waals surface area (Å²) in [5.41, 5.74) is 0. The minimum absolute atomic E-state index is 0.0237. The lowest BCUT2D eigenvalue weighted by molar-refractivity contribution is -0.146. The Bertz CT molecular complexity index is 446. The van der Waals surface area contributed by atoms with E-state index in [2.05, 4.69) is 0 Å². The topological polar surface area (TPSA) is 71.1 Å². The summed E-state index contributed by atoms with van der Waals surface area (Å²) in [6.07, 6.45) is -0.0931. The minimum atomic E-state index is -0.555. The van der Waals surface area contributed by atoms with Crippen LogP contribution in [0, 0.1) is 0 Å². The molecule has 0 heterocycles. The molecule has 0 amide bonds. The SMILES string of the molecule is CCOC(=O)CCC(=O)Oc1c(OC)cccc1OC. The van der Waals surface area contributed by atoms with E-state index >= 15 is 0 Å². The van der Waals surface area contributed by atoms with Crippen LogP contribution in [0.25, 0.3) is 0 Å². The molecule has 0 saturated heterocycles. The Hall–Kier alpha value is -2.24. The molecule has 1 rings (SSSR count). The Morgan fingerprint density at radius 1 is 1.00 bits per heavy atom. The van der Waals surface area contributed by atoms with Crippen LogP contribution >= 0.6 is 0 Å². The highest BCUT2D eigenvalue weighted by Crippen LogP contribution is 2.36. The number of esters is 2. The normalized spacial score (nSPS) is 9.75. The highest BCUT2D eigenvalue weighted by atomic mass is 16.6. The molecule has 0 aliphatic carbocycles. The molecule has 0 atom stereocenters. The van der Waals surface area contributed by atoms with E-state index in [1.54, 1.807) is 25.1 Å². The molecule has 6 nitrogen and oxygen atoms in total. The molecular formula is C14H18O6. The van der Waals surface area contributed by atoms with Crippen LogP contribution in [0.4, 0.5) is 0 Å². The van der Waals surface area contributed by atoms with E-state index in [9.17, 15) is 9.59 Å². The van der Waals surface area contributed by atoms with Gasteiger partial charge in [0, 0.05) is 0 Å². The van der Waals surface area contributed by atoms with Gasteiger partial charge in [-0.3, -0.25) is 9.59 Å². The lowest BCUT2D eigenvalue weighted by atomic mass is 10.3. The van der Waals surface area contributed by atoms with Gasteiger partial charge in [0.2, 0.25) is 5.75 Å². The van der Waals surface area contributed by atoms with Crippen LogP contribution in [0.5, 0.6) is 17.2 Å². The fraction of sp³-hybridized carbons (Fsp3) is 0.429. The summed E-state index contributed by atoms with van der Waals surface area (Å²) in [6.45, 7) is 1.99. The van der Waals surface area contributed by atoms with Gasteiger partial charge in [-0.15, -0.1) is 0 Å². The lowest BCUT2D eigenvalue weighted by Gasteiger charge is -2.12. The number of hydrogen-bond acceptors (Lipinski definition) is 6. The summed E-state index contributed by atoms with van der Waals surface area (Å²) in [5.74, 6) is -0.0219. The van der Waals surface area contributed by atoms with Gasteiger partial charge < -0.3 is 18.9 Å². The first-order valence-electron chi connectivity index (χ1n) is 6.19. The van der Waals surface area contributed by atoms with Crippen LogP contribution in [-0.4, -0.2) is 32.8 Å². The van der Waals surface area contributed by atoms with Crippen LogP contribution in [0.1, 0.15) is 19.8 Å². The molecule has 0 aliphatic heterocycles. The third kappa shape index (κ3) is 4.46. The molecule has 0 bridgehead atoms. The average Bonchev–Trinajstić information content (AvgIpc) is 2.45. The molecule has 0 spiro atoms. The van der Waals surface area contributed by atoms with E-state index in [0.717, 1.165) is 0 Å². The van der Waals surface area contributed by atoms with Crippen molar-refractivity contribution < 1.29 is 28.5 Å². The second-order valence-electron chi connectivity index (χ2n) is 3.77. The summed E-state index contributed by atoms with van der Waals surface area (Å²) in [7, 11) is 2.93. The molecule has 110 valence electrons. The Labute approximate surface area is 117 Å². The van der Waals surface area contributed by atoms with Crippen LogP contribution in [0.2, 0.25) is 0 Å². The molecule has 0 unspecified atom stereocenters. The average molecular weight is 282 g/mol. The van der Waals surface area contributed by atoms with Gasteiger partial charge in [0.05, 0.1) is 33.7 Å². The molecule has 1 aromatic carbocycles. The van der Waals surface area contributed by atoms with Crippen LogP contribution in [-0.2, 0) is 14.3 Å². The molecule has 0 aromatic heterocycles. The third-order valence-corrected chi connectivity index (χ3v) is 2.44. The van der Waals surface area contributed by atoms with Crippen molar-refractivity contribution in [3.05, 3.63) is 18.2 Å². The zero-order valence-corrected chi connectivity index (χ0v) is 11.8. The number of methoxy groups -OCH3 is 2. The first-order chi connectivity index (χ1) is 9.62. The predicted octanol–water partition coefficient (Wildman–Crippen LogP) is 1.95. The van der Waals surface area contributed by atoms with Gasteiger partial charge in [-0.2, -0.15) is 0 Å². The second-order valence-corrected chi connectivity index (χ2v) is 3.77. The van der Waals surface area contributed by atoms with Gasteiger partial charge in [0.15, 0.2) is 11.5 Å². The van der Waals surface area contributed by atoms with Gasteiger partial charge in [0.25, 0.3) is 0 Å². The number of carbonyl (C=O) groups is 2. The van der Waals surface area contributed by atoms with Crippen LogP contribution in [0.15, 0.2) is 18.2 Å². The lowest BCUT2D eigenvalue weighted by Crippen LogP contribution is -2.13. The number of ether oxygens (including phenoxy) is 4. The van der Waals surface area contributed by atoms with Crippen molar-refractivity contribution in [2.45, 2.75) is 19.8 Å². The highest BCUT2D eigenvalue weighted by Gasteiger charge is 2.16. The second kappa shape index (κ2) is 8.04. The number of para-hydroxylation sites is 1. The van der Waals surface area contributed by atoms with E-state index in [1.807, 2.05) is 0 Å². The molecule has 0 aliphatic rings. The number of hydrogen-bond donors (Lipinski definition) is 0. The van der Waals surface area contributed by atoms with Crippen molar-refractivity contribution in [3.8, 4) is 17.2 Å². The molecule has 6 heteroatoms. The van der Waals surface area contributed by atoms with Gasteiger partial charge in [-0.25, -0.2) is 0 Å². The fourth-order valence-corrected chi connectivity index (χ4v) is 1.52. The Kier molecular flexibility index (Phi) is 6.36. The first kappa shape index (κ1) is 15.8. The summed E-state index contributed by atoms with van der Waals surface area (Å²) in [6, 6.07) is 5.01. The van der Waals surface area contributed by atoms with Gasteiger partial charge in [-0.1, -0.05) is 6.07 Å². The largest absolute Gasteiger partial charge is 0.493 e. The standard InChI is InChI=1S/C14H18O6/c1-4-19-12(15)8-9-13(16)20-14-10(17-2)6-5-7-11(14)18-3/h5-7H,4,8-9H2,1-3H3. The fourth-order valence-electron chi connectivity index (χ4n) is 1.52. The van der Waals surface area contributed by atoms with Crippen LogP contribution < -0.4 is 14.2 Å². The zero-order valence-electron chi connectivity index (χ0n) is 11.8. The third-order valence-electron chi connectivity index (χ3n) is 2.44. The van der Waals surface area contributed by atoms with Crippen molar-refractivity contribution in [2.75, 3.05) is 20.8 Å². The van der Waals surface area contributed by atoms with Crippen molar-refractivity contribution in [3.63, 3.8) is 0 Å². The number of rotatable bonds is 7. The van der Waals surface area contributed by atoms with Crippen molar-refractivity contribution in [2.24, 2.45) is 0 Å². The number of benzene rings is 1. The minimum Gasteiger partial charge on any atom is -0.493 e. The maximum absolute atomic E-state index is 11.7. The smallest absolute Gasteiger partial charge is 0.312 e. The molecule has 0 radical (unpaired) electrons. The Morgan fingerprint density at radius 2 is 1.55 bits per heavy atom. The van der Waals surface area contributed by atoms with E-state index in [-0.39, 0.29) is 25.2 Å². The molecule has 0 saturated carbocycles. The van der Waals surface area contributed by atoms with Gasteiger partial charge in [0.1, 0.15) is 0 Å². The van der Waals surface area contributed by atoms with E-state index in [4.69, 9.17) is 18.9 Å². The zero-order chi connectivity index (χ0) is 15.0. The van der Waals surface area contributed by atoms with Crippen molar-refractivity contribution in [1.82, 2.24) is 0 Å². The maximum atomic E-state index is 11.7. The molecule has 0 fully saturated rings. The molecule has 20 heavy (non-hydrogen) atoms. The Morgan fingerprint density at radius 3 is 2.05 bits per heavy atom. The van der Waals surface area contributed by atoms with E-state index < -0.39 is 11.9 Å². The molecule has 1 aromatic rings. The maximum Gasteiger partial charge on any atom is 0.312 e. The summed E-state index contributed by atoms with van der Waals surface area (Å²) >= 11 is 0. The first-order valence-corrected chi connectivity index (χ1v) is 6.19. The van der Waals surface area contributed by atoms with E-state index in [0.29, 0.717) is 11.5 Å². The monoisotopic (exact) mass is 282 g/mol. The number of carbonyl (C=O) groups excluding carboxylic acids is 2. The van der Waals surface area contributed by atoms with Gasteiger partial charge in [-0.05, 0) is 19.1 Å². The predicted molar refractivity (Wildman–Crippen MR) is 71.0 cm³/mol. The van der Waals surface area contributed by atoms with Crippen molar-refractivity contribution in [1.29, 1.82) is 0 Å². The van der Waals surface area contributed by atoms with Gasteiger partial charge >= 0.3 is 11.9 Å². The Balaban J connectivity index is 2.68. The summed E-state index contributed by atoms with van der Waals surface area (Å²) < 4.78 is 20.1. The summed E-state index contributed by atoms with van der Waals surface area (Å²) in [5, 5.41) is 0. The van der Waals surface area contributed by atoms with Crippen LogP contribution in [0.3, 0.4) is 0 Å². The van der Waals surface area contributed by atoms with Crippen molar-refractivity contribution >= 4 is 11.9 Å². The quantitative estimate of drug-likeness (QED) is 0.562. The highest BCUT2D eigenvalue weighted by molar-refractivity contribution is 5.80. The van der Waals surface area contributed by atoms with E-state index in [1.165, 1.54) is 14.2 Å².